The van der Waals surface area contributed by atoms with Crippen molar-refractivity contribution >= 4 is 40.8 Å². The number of hydrogen-bond donors (Lipinski definition) is 3. The summed E-state index contributed by atoms with van der Waals surface area (Å²) in [5, 5.41) is 9.02. The Kier molecular flexibility index (Phi) is 6.55. The van der Waals surface area contributed by atoms with Gasteiger partial charge in [0.1, 0.15) is 17.5 Å². The summed E-state index contributed by atoms with van der Waals surface area (Å²) in [6, 6.07) is 5.20. The SMILES string of the molecule is CNc1cc2nc(C)c(-c3cc(NC(=O)NC4CC(C)(C)C4)c(F)cc3F)cc2cn1.Cl. The Morgan fingerprint density at radius 1 is 1.09 bits per heavy atom. The van der Waals surface area contributed by atoms with Crippen LogP contribution in [0.5, 0.6) is 0 Å². The van der Waals surface area contributed by atoms with E-state index in [-0.39, 0.29) is 35.1 Å². The predicted octanol–water partition coefficient (Wildman–Crippen LogP) is 5.66. The maximum absolute atomic E-state index is 14.7. The summed E-state index contributed by atoms with van der Waals surface area (Å²) in [7, 11) is 1.76. The lowest BCUT2D eigenvalue weighted by Crippen LogP contribution is -2.49. The van der Waals surface area contributed by atoms with E-state index in [2.05, 4.69) is 39.8 Å². The number of halogens is 3. The third-order valence-corrected chi connectivity index (χ3v) is 5.67. The van der Waals surface area contributed by atoms with Crippen LogP contribution >= 0.6 is 12.4 Å². The lowest BCUT2D eigenvalue weighted by atomic mass is 9.68. The number of rotatable bonds is 4. The minimum Gasteiger partial charge on any atom is -0.373 e. The second-order valence-corrected chi connectivity index (χ2v) is 8.81. The van der Waals surface area contributed by atoms with Crippen molar-refractivity contribution in [2.45, 2.75) is 39.7 Å². The molecule has 0 spiro atoms. The van der Waals surface area contributed by atoms with Crippen molar-refractivity contribution in [3.63, 3.8) is 0 Å². The van der Waals surface area contributed by atoms with E-state index in [1.807, 2.05) is 0 Å². The molecule has 1 aliphatic carbocycles. The van der Waals surface area contributed by atoms with E-state index in [0.717, 1.165) is 24.3 Å². The summed E-state index contributed by atoms with van der Waals surface area (Å²) in [5.74, 6) is -0.891. The molecule has 0 bridgehead atoms. The van der Waals surface area contributed by atoms with Crippen molar-refractivity contribution < 1.29 is 13.6 Å². The molecule has 170 valence electrons. The van der Waals surface area contributed by atoms with Gasteiger partial charge in [-0.2, -0.15) is 0 Å². The van der Waals surface area contributed by atoms with Gasteiger partial charge in [0.15, 0.2) is 0 Å². The van der Waals surface area contributed by atoms with Gasteiger partial charge in [0.25, 0.3) is 0 Å². The monoisotopic (exact) mass is 461 g/mol. The van der Waals surface area contributed by atoms with Crippen LogP contribution in [0.2, 0.25) is 0 Å². The van der Waals surface area contributed by atoms with Gasteiger partial charge in [-0.05, 0) is 37.3 Å². The van der Waals surface area contributed by atoms with Crippen molar-refractivity contribution in [3.05, 3.63) is 47.8 Å². The summed E-state index contributed by atoms with van der Waals surface area (Å²) in [4.78, 5) is 21.1. The fraction of sp³-hybridized carbons (Fsp3) is 0.348. The third-order valence-electron chi connectivity index (χ3n) is 5.67. The number of anilines is 2. The van der Waals surface area contributed by atoms with Gasteiger partial charge in [-0.1, -0.05) is 13.8 Å². The topological polar surface area (TPSA) is 78.9 Å². The van der Waals surface area contributed by atoms with Crippen molar-refractivity contribution in [2.24, 2.45) is 5.41 Å². The zero-order valence-corrected chi connectivity index (χ0v) is 19.2. The average Bonchev–Trinajstić information content (AvgIpc) is 2.68. The number of pyridine rings is 2. The highest BCUT2D eigenvalue weighted by molar-refractivity contribution is 5.91. The zero-order valence-electron chi connectivity index (χ0n) is 18.3. The third kappa shape index (κ3) is 4.75. The molecule has 0 saturated heterocycles. The molecule has 1 saturated carbocycles. The van der Waals surface area contributed by atoms with Crippen molar-refractivity contribution in [2.75, 3.05) is 17.7 Å². The quantitative estimate of drug-likeness (QED) is 0.468. The second kappa shape index (κ2) is 8.86. The molecule has 0 aliphatic heterocycles. The standard InChI is InChI=1S/C23H25F2N5O.ClH/c1-12-15(5-13-11-27-21(26-4)8-19(13)28-12)16-6-20(18(25)7-17(16)24)30-22(31)29-14-9-23(2,3)10-14;/h5-8,11,14H,9-10H2,1-4H3,(H,26,27)(H2,29,30,31);1H. The first kappa shape index (κ1) is 23.7. The van der Waals surface area contributed by atoms with Crippen LogP contribution in [0.15, 0.2) is 30.5 Å². The Bertz CT molecular complexity index is 1180. The number of aryl methyl sites for hydroxylation is 1. The molecule has 3 N–H and O–H groups in total. The van der Waals surface area contributed by atoms with Gasteiger partial charge in [0.05, 0.1) is 11.2 Å². The number of fused-ring (bicyclic) bond motifs is 1. The highest BCUT2D eigenvalue weighted by Gasteiger charge is 2.36. The summed E-state index contributed by atoms with van der Waals surface area (Å²) in [5.41, 5.74) is 2.08. The molecule has 0 atom stereocenters. The van der Waals surface area contributed by atoms with Crippen molar-refractivity contribution in [3.8, 4) is 11.1 Å². The number of hydrogen-bond acceptors (Lipinski definition) is 4. The summed E-state index contributed by atoms with van der Waals surface area (Å²) >= 11 is 0. The van der Waals surface area contributed by atoms with Gasteiger partial charge in [-0.15, -0.1) is 12.4 Å². The van der Waals surface area contributed by atoms with Crippen LogP contribution in [0.25, 0.3) is 22.0 Å². The summed E-state index contributed by atoms with van der Waals surface area (Å²) in [6.45, 7) is 6.02. The second-order valence-electron chi connectivity index (χ2n) is 8.81. The number of nitrogens with zero attached hydrogens (tertiary/aromatic N) is 2. The number of nitrogens with one attached hydrogen (secondary N) is 3. The Hall–Kier alpha value is -3.00. The molecule has 32 heavy (non-hydrogen) atoms. The van der Waals surface area contributed by atoms with E-state index in [9.17, 15) is 13.6 Å². The zero-order chi connectivity index (χ0) is 22.3. The van der Waals surface area contributed by atoms with E-state index >= 15 is 0 Å². The summed E-state index contributed by atoms with van der Waals surface area (Å²) < 4.78 is 29.1. The minimum atomic E-state index is -0.836. The van der Waals surface area contributed by atoms with Crippen LogP contribution in [0.1, 0.15) is 32.4 Å². The first-order valence-electron chi connectivity index (χ1n) is 10.2. The minimum absolute atomic E-state index is 0. The molecule has 9 heteroatoms. The molecular formula is C23H26ClF2N5O. The van der Waals surface area contributed by atoms with Gasteiger partial charge in [0, 0.05) is 53.6 Å². The van der Waals surface area contributed by atoms with Crippen molar-refractivity contribution in [1.82, 2.24) is 15.3 Å². The average molecular weight is 462 g/mol. The first-order chi connectivity index (χ1) is 14.6. The molecule has 0 unspecified atom stereocenters. The van der Waals surface area contributed by atoms with Crippen LogP contribution in [0.4, 0.5) is 25.1 Å². The number of aromatic nitrogens is 2. The molecule has 1 aliphatic rings. The Labute approximate surface area is 191 Å². The number of carbonyl (C=O) groups excluding carboxylic acids is 1. The lowest BCUT2D eigenvalue weighted by Gasteiger charge is -2.42. The smallest absolute Gasteiger partial charge is 0.319 e. The Morgan fingerprint density at radius 3 is 2.47 bits per heavy atom. The number of urea groups is 1. The number of amides is 2. The largest absolute Gasteiger partial charge is 0.373 e. The normalized spacial score (nSPS) is 14.9. The van der Waals surface area contributed by atoms with Gasteiger partial charge in [-0.25, -0.2) is 18.6 Å². The molecule has 2 amide bonds. The van der Waals surface area contributed by atoms with Gasteiger partial charge >= 0.3 is 6.03 Å². The van der Waals surface area contributed by atoms with Gasteiger partial charge < -0.3 is 16.0 Å². The molecule has 4 rings (SSSR count). The lowest BCUT2D eigenvalue weighted by molar-refractivity contribution is 0.132. The summed E-state index contributed by atoms with van der Waals surface area (Å²) in [6.07, 6.45) is 3.37. The van der Waals surface area contributed by atoms with Crippen LogP contribution in [0, 0.1) is 24.0 Å². The molecule has 0 radical (unpaired) electrons. The Morgan fingerprint density at radius 2 is 1.81 bits per heavy atom. The maximum atomic E-state index is 14.7. The molecular weight excluding hydrogens is 436 g/mol. The Balaban J connectivity index is 0.00000289. The van der Waals surface area contributed by atoms with Crippen LogP contribution in [-0.4, -0.2) is 29.1 Å². The van der Waals surface area contributed by atoms with Crippen LogP contribution in [-0.2, 0) is 0 Å². The fourth-order valence-electron chi connectivity index (χ4n) is 4.14. The van der Waals surface area contributed by atoms with E-state index in [1.165, 1.54) is 6.07 Å². The van der Waals surface area contributed by atoms with Crippen LogP contribution < -0.4 is 16.0 Å². The molecule has 2 heterocycles. The molecule has 1 aromatic carbocycles. The van der Waals surface area contributed by atoms with Gasteiger partial charge in [-0.3, -0.25) is 4.98 Å². The van der Waals surface area contributed by atoms with E-state index < -0.39 is 17.7 Å². The predicted molar refractivity (Wildman–Crippen MR) is 125 cm³/mol. The number of benzene rings is 1. The maximum Gasteiger partial charge on any atom is 0.319 e. The highest BCUT2D eigenvalue weighted by atomic mass is 35.5. The van der Waals surface area contributed by atoms with Crippen LogP contribution in [0.3, 0.4) is 0 Å². The fourth-order valence-corrected chi connectivity index (χ4v) is 4.14. The van der Waals surface area contributed by atoms with E-state index in [4.69, 9.17) is 0 Å². The van der Waals surface area contributed by atoms with Crippen molar-refractivity contribution in [1.29, 1.82) is 0 Å². The van der Waals surface area contributed by atoms with E-state index in [1.54, 1.807) is 32.3 Å². The molecule has 6 nitrogen and oxygen atoms in total. The first-order valence-corrected chi connectivity index (χ1v) is 10.2. The highest BCUT2D eigenvalue weighted by Crippen LogP contribution is 2.40. The molecule has 1 fully saturated rings. The van der Waals surface area contributed by atoms with E-state index in [0.29, 0.717) is 22.6 Å². The number of carbonyl (C=O) groups is 1. The molecule has 2 aromatic heterocycles. The van der Waals surface area contributed by atoms with Gasteiger partial charge in [0.2, 0.25) is 0 Å². The molecule has 3 aromatic rings.